The van der Waals surface area contributed by atoms with Crippen molar-refractivity contribution in [3.8, 4) is 11.5 Å². The molecule has 1 unspecified atom stereocenters. The van der Waals surface area contributed by atoms with Crippen molar-refractivity contribution in [1.82, 2.24) is 0 Å². The Morgan fingerprint density at radius 3 is 2.75 bits per heavy atom. The highest BCUT2D eigenvalue weighted by Gasteiger charge is 2.42. The first-order valence-electron chi connectivity index (χ1n) is 5.84. The first kappa shape index (κ1) is 9.82. The minimum Gasteiger partial charge on any atom is -0.454 e. The van der Waals surface area contributed by atoms with Crippen LogP contribution in [0.3, 0.4) is 0 Å². The third-order valence-electron chi connectivity index (χ3n) is 3.84. The molecule has 1 aromatic rings. The van der Waals surface area contributed by atoms with Gasteiger partial charge in [-0.1, -0.05) is 6.92 Å². The standard InChI is InChI=1S/C13H17NO2/c1-9(13(2)5-6-13)14-10-3-4-11-12(7-10)16-8-15-11/h3-4,7,9,14H,5-6,8H2,1-2H3. The number of fused-ring (bicyclic) bond motifs is 1. The maximum atomic E-state index is 5.36. The number of ether oxygens (including phenoxy) is 2. The summed E-state index contributed by atoms with van der Waals surface area (Å²) >= 11 is 0. The van der Waals surface area contributed by atoms with E-state index in [0.29, 0.717) is 18.2 Å². The summed E-state index contributed by atoms with van der Waals surface area (Å²) < 4.78 is 10.6. The summed E-state index contributed by atoms with van der Waals surface area (Å²) in [5.41, 5.74) is 1.60. The van der Waals surface area contributed by atoms with E-state index in [4.69, 9.17) is 9.47 Å². The van der Waals surface area contributed by atoms with Crippen molar-refractivity contribution in [3.63, 3.8) is 0 Å². The maximum absolute atomic E-state index is 5.36. The molecule has 0 aromatic heterocycles. The van der Waals surface area contributed by atoms with E-state index in [1.54, 1.807) is 0 Å². The molecule has 3 rings (SSSR count). The molecule has 0 radical (unpaired) electrons. The SMILES string of the molecule is CC(Nc1ccc2c(c1)OCO2)C1(C)CC1. The monoisotopic (exact) mass is 219 g/mol. The van der Waals surface area contributed by atoms with Gasteiger partial charge in [0, 0.05) is 17.8 Å². The van der Waals surface area contributed by atoms with Gasteiger partial charge < -0.3 is 14.8 Å². The number of rotatable bonds is 3. The fraction of sp³-hybridized carbons (Fsp3) is 0.538. The average molecular weight is 219 g/mol. The van der Waals surface area contributed by atoms with Crippen LogP contribution in [0.5, 0.6) is 11.5 Å². The first-order chi connectivity index (χ1) is 7.67. The molecule has 1 aliphatic heterocycles. The number of hydrogen-bond donors (Lipinski definition) is 1. The van der Waals surface area contributed by atoms with Crippen molar-refractivity contribution in [3.05, 3.63) is 18.2 Å². The minimum absolute atomic E-state index is 0.339. The second-order valence-electron chi connectivity index (χ2n) is 5.09. The van der Waals surface area contributed by atoms with E-state index in [2.05, 4.69) is 25.2 Å². The fourth-order valence-corrected chi connectivity index (χ4v) is 2.04. The lowest BCUT2D eigenvalue weighted by atomic mass is 10.0. The van der Waals surface area contributed by atoms with Crippen molar-refractivity contribution in [2.45, 2.75) is 32.7 Å². The highest BCUT2D eigenvalue weighted by atomic mass is 16.7. The van der Waals surface area contributed by atoms with Gasteiger partial charge in [0.15, 0.2) is 11.5 Å². The number of nitrogens with one attached hydrogen (secondary N) is 1. The Balaban J connectivity index is 1.75. The molecule has 0 bridgehead atoms. The van der Waals surface area contributed by atoms with Gasteiger partial charge in [-0.05, 0) is 37.3 Å². The molecule has 0 saturated heterocycles. The van der Waals surface area contributed by atoms with Crippen LogP contribution in [0.25, 0.3) is 0 Å². The van der Waals surface area contributed by atoms with Crippen LogP contribution in [0, 0.1) is 5.41 Å². The van der Waals surface area contributed by atoms with E-state index in [-0.39, 0.29) is 0 Å². The lowest BCUT2D eigenvalue weighted by Crippen LogP contribution is -2.24. The molecular weight excluding hydrogens is 202 g/mol. The second-order valence-corrected chi connectivity index (χ2v) is 5.09. The van der Waals surface area contributed by atoms with E-state index in [0.717, 1.165) is 17.2 Å². The topological polar surface area (TPSA) is 30.5 Å². The van der Waals surface area contributed by atoms with Crippen LogP contribution < -0.4 is 14.8 Å². The van der Waals surface area contributed by atoms with Crippen LogP contribution in [0.1, 0.15) is 26.7 Å². The highest BCUT2D eigenvalue weighted by Crippen LogP contribution is 2.49. The largest absolute Gasteiger partial charge is 0.454 e. The molecule has 1 saturated carbocycles. The molecule has 1 fully saturated rings. The smallest absolute Gasteiger partial charge is 0.231 e. The summed E-state index contributed by atoms with van der Waals surface area (Å²) in [6.07, 6.45) is 2.65. The van der Waals surface area contributed by atoms with Gasteiger partial charge in [-0.3, -0.25) is 0 Å². The third kappa shape index (κ3) is 1.60. The normalized spacial score (nSPS) is 21.6. The lowest BCUT2D eigenvalue weighted by Gasteiger charge is -2.21. The van der Waals surface area contributed by atoms with Crippen molar-refractivity contribution in [2.75, 3.05) is 12.1 Å². The fourth-order valence-electron chi connectivity index (χ4n) is 2.04. The number of anilines is 1. The Bertz CT molecular complexity index is 412. The van der Waals surface area contributed by atoms with Crippen LogP contribution >= 0.6 is 0 Å². The summed E-state index contributed by atoms with van der Waals surface area (Å²) in [6, 6.07) is 6.54. The molecule has 3 nitrogen and oxygen atoms in total. The van der Waals surface area contributed by atoms with E-state index in [9.17, 15) is 0 Å². The number of hydrogen-bond acceptors (Lipinski definition) is 3. The Kier molecular flexibility index (Phi) is 2.03. The average Bonchev–Trinajstić information content (AvgIpc) is 2.87. The highest BCUT2D eigenvalue weighted by molar-refractivity contribution is 5.56. The van der Waals surface area contributed by atoms with Gasteiger partial charge in [0.2, 0.25) is 6.79 Å². The van der Waals surface area contributed by atoms with Crippen molar-refractivity contribution >= 4 is 5.69 Å². The zero-order valence-corrected chi connectivity index (χ0v) is 9.75. The van der Waals surface area contributed by atoms with Gasteiger partial charge >= 0.3 is 0 Å². The molecule has 86 valence electrons. The number of benzene rings is 1. The zero-order valence-electron chi connectivity index (χ0n) is 9.75. The van der Waals surface area contributed by atoms with E-state index in [1.807, 2.05) is 12.1 Å². The lowest BCUT2D eigenvalue weighted by molar-refractivity contribution is 0.174. The zero-order chi connectivity index (χ0) is 11.2. The predicted molar refractivity (Wildman–Crippen MR) is 63.0 cm³/mol. The molecule has 3 heteroatoms. The van der Waals surface area contributed by atoms with Crippen LogP contribution in [-0.2, 0) is 0 Å². The van der Waals surface area contributed by atoms with Crippen molar-refractivity contribution in [1.29, 1.82) is 0 Å². The van der Waals surface area contributed by atoms with Gasteiger partial charge in [0.1, 0.15) is 0 Å². The van der Waals surface area contributed by atoms with Crippen molar-refractivity contribution < 1.29 is 9.47 Å². The molecule has 1 heterocycles. The Labute approximate surface area is 95.8 Å². The molecule has 1 N–H and O–H groups in total. The molecular formula is C13H17NO2. The summed E-state index contributed by atoms with van der Waals surface area (Å²) in [4.78, 5) is 0. The molecule has 0 spiro atoms. The van der Waals surface area contributed by atoms with Gasteiger partial charge in [0.25, 0.3) is 0 Å². The quantitative estimate of drug-likeness (QED) is 0.847. The molecule has 1 atom stereocenters. The predicted octanol–water partition coefficient (Wildman–Crippen LogP) is 3.02. The summed E-state index contributed by atoms with van der Waals surface area (Å²) in [5, 5.41) is 3.54. The Hall–Kier alpha value is -1.38. The molecule has 1 aliphatic carbocycles. The van der Waals surface area contributed by atoms with Crippen LogP contribution in [0.4, 0.5) is 5.69 Å². The van der Waals surface area contributed by atoms with E-state index >= 15 is 0 Å². The summed E-state index contributed by atoms with van der Waals surface area (Å²) in [7, 11) is 0. The van der Waals surface area contributed by atoms with Crippen LogP contribution in [0.2, 0.25) is 0 Å². The van der Waals surface area contributed by atoms with Gasteiger partial charge in [-0.15, -0.1) is 0 Å². The molecule has 1 aromatic carbocycles. The van der Waals surface area contributed by atoms with Crippen LogP contribution in [-0.4, -0.2) is 12.8 Å². The third-order valence-corrected chi connectivity index (χ3v) is 3.84. The summed E-state index contributed by atoms with van der Waals surface area (Å²) in [6.45, 7) is 4.92. The Morgan fingerprint density at radius 1 is 1.25 bits per heavy atom. The maximum Gasteiger partial charge on any atom is 0.231 e. The molecule has 16 heavy (non-hydrogen) atoms. The molecule has 0 amide bonds. The molecule has 2 aliphatic rings. The summed E-state index contributed by atoms with van der Waals surface area (Å²) in [5.74, 6) is 1.69. The second kappa shape index (κ2) is 3.30. The first-order valence-corrected chi connectivity index (χ1v) is 5.84. The van der Waals surface area contributed by atoms with Crippen molar-refractivity contribution in [2.24, 2.45) is 5.41 Å². The van der Waals surface area contributed by atoms with E-state index in [1.165, 1.54) is 12.8 Å². The minimum atomic E-state index is 0.339. The van der Waals surface area contributed by atoms with Gasteiger partial charge in [-0.25, -0.2) is 0 Å². The van der Waals surface area contributed by atoms with E-state index < -0.39 is 0 Å². The van der Waals surface area contributed by atoms with Gasteiger partial charge in [0.05, 0.1) is 0 Å². The van der Waals surface area contributed by atoms with Gasteiger partial charge in [-0.2, -0.15) is 0 Å². The van der Waals surface area contributed by atoms with Crippen LogP contribution in [0.15, 0.2) is 18.2 Å². The Morgan fingerprint density at radius 2 is 2.00 bits per heavy atom.